The Labute approximate surface area is 99.6 Å². The van der Waals surface area contributed by atoms with E-state index in [1.165, 1.54) is 6.07 Å². The van der Waals surface area contributed by atoms with Crippen molar-refractivity contribution in [3.63, 3.8) is 0 Å². The Morgan fingerprint density at radius 1 is 1.38 bits per heavy atom. The molecule has 0 fully saturated rings. The summed E-state index contributed by atoms with van der Waals surface area (Å²) >= 11 is 3.13. The zero-order valence-electron chi connectivity index (χ0n) is 8.77. The first-order valence-electron chi connectivity index (χ1n) is 4.63. The van der Waals surface area contributed by atoms with E-state index >= 15 is 0 Å². The van der Waals surface area contributed by atoms with Gasteiger partial charge in [-0.05, 0) is 15.9 Å². The van der Waals surface area contributed by atoms with Crippen molar-refractivity contribution >= 4 is 21.7 Å². The van der Waals surface area contributed by atoms with Gasteiger partial charge in [-0.3, -0.25) is 0 Å². The molecule has 7 heteroatoms. The topological polar surface area (TPSA) is 37.8 Å². The molecule has 16 heavy (non-hydrogen) atoms. The van der Waals surface area contributed by atoms with Crippen LogP contribution in [-0.2, 0) is 0 Å². The van der Waals surface area contributed by atoms with Crippen LogP contribution in [0.5, 0.6) is 0 Å². The number of halogens is 4. The molecule has 0 saturated heterocycles. The van der Waals surface area contributed by atoms with Gasteiger partial charge in [0, 0.05) is 12.0 Å². The Balaban J connectivity index is 2.81. The highest BCUT2D eigenvalue weighted by atomic mass is 79.9. The fourth-order valence-electron chi connectivity index (χ4n) is 0.975. The Morgan fingerprint density at radius 2 is 2.00 bits per heavy atom. The number of hydrogen-bond acceptors (Lipinski definition) is 3. The summed E-state index contributed by atoms with van der Waals surface area (Å²) in [5.74, 6) is 0.728. The molecule has 1 rings (SSSR count). The lowest BCUT2D eigenvalue weighted by Gasteiger charge is -2.11. The Bertz CT molecular complexity index is 366. The number of nitrogens with zero attached hydrogens (tertiary/aromatic N) is 2. The standard InChI is InChI=1S/C9H11BrF3N3/c1-5(2)8-15-6(10)3-7(16-8)14-4-9(11,12)13/h3,5H,4H2,1-2H3,(H,14,15,16). The molecule has 1 aromatic rings. The molecule has 90 valence electrons. The molecule has 0 amide bonds. The zero-order chi connectivity index (χ0) is 12.3. The zero-order valence-corrected chi connectivity index (χ0v) is 10.4. The number of nitrogens with one attached hydrogen (secondary N) is 1. The molecular formula is C9H11BrF3N3. The molecule has 0 radical (unpaired) electrons. The van der Waals surface area contributed by atoms with E-state index in [1.807, 2.05) is 13.8 Å². The average Bonchev–Trinajstić information content (AvgIpc) is 2.13. The summed E-state index contributed by atoms with van der Waals surface area (Å²) in [6.45, 7) is 2.64. The summed E-state index contributed by atoms with van der Waals surface area (Å²) in [6.07, 6.45) is -4.25. The first-order chi connectivity index (χ1) is 7.28. The summed E-state index contributed by atoms with van der Waals surface area (Å²) < 4.78 is 36.4. The molecule has 3 nitrogen and oxygen atoms in total. The first-order valence-corrected chi connectivity index (χ1v) is 5.42. The van der Waals surface area contributed by atoms with Gasteiger partial charge in [0.15, 0.2) is 0 Å². The highest BCUT2D eigenvalue weighted by Gasteiger charge is 2.26. The van der Waals surface area contributed by atoms with Gasteiger partial charge < -0.3 is 5.32 Å². The van der Waals surface area contributed by atoms with E-state index < -0.39 is 12.7 Å². The fraction of sp³-hybridized carbons (Fsp3) is 0.556. The minimum atomic E-state index is -4.25. The van der Waals surface area contributed by atoms with Crippen LogP contribution in [0.1, 0.15) is 25.6 Å². The van der Waals surface area contributed by atoms with Crippen molar-refractivity contribution < 1.29 is 13.2 Å². The molecule has 0 aliphatic rings. The quantitative estimate of drug-likeness (QED) is 0.870. The Kier molecular flexibility index (Phi) is 4.12. The van der Waals surface area contributed by atoms with E-state index in [-0.39, 0.29) is 11.7 Å². The van der Waals surface area contributed by atoms with E-state index in [1.54, 1.807) is 0 Å². The van der Waals surface area contributed by atoms with Crippen LogP contribution >= 0.6 is 15.9 Å². The van der Waals surface area contributed by atoms with Crippen LogP contribution in [0.25, 0.3) is 0 Å². The second-order valence-corrected chi connectivity index (χ2v) is 4.37. The lowest BCUT2D eigenvalue weighted by atomic mass is 10.2. The number of alkyl halides is 3. The smallest absolute Gasteiger partial charge is 0.361 e. The Morgan fingerprint density at radius 3 is 2.50 bits per heavy atom. The molecule has 0 aliphatic carbocycles. The van der Waals surface area contributed by atoms with Gasteiger partial charge in [0.1, 0.15) is 22.8 Å². The normalized spacial score (nSPS) is 11.9. The minimum absolute atomic E-state index is 0.0592. The summed E-state index contributed by atoms with van der Waals surface area (Å²) in [4.78, 5) is 8.05. The van der Waals surface area contributed by atoms with Crippen molar-refractivity contribution in [2.75, 3.05) is 11.9 Å². The molecule has 1 N–H and O–H groups in total. The van der Waals surface area contributed by atoms with Crippen LogP contribution in [0.3, 0.4) is 0 Å². The lowest BCUT2D eigenvalue weighted by Crippen LogP contribution is -2.22. The number of rotatable bonds is 3. The van der Waals surface area contributed by atoms with Crippen molar-refractivity contribution in [2.24, 2.45) is 0 Å². The number of hydrogen-bond donors (Lipinski definition) is 1. The highest BCUT2D eigenvalue weighted by molar-refractivity contribution is 9.10. The SMILES string of the molecule is CC(C)c1nc(Br)cc(NCC(F)(F)F)n1. The Hall–Kier alpha value is -0.850. The van der Waals surface area contributed by atoms with Crippen molar-refractivity contribution in [1.29, 1.82) is 0 Å². The first kappa shape index (κ1) is 13.2. The van der Waals surface area contributed by atoms with Crippen molar-refractivity contribution in [2.45, 2.75) is 25.9 Å². The van der Waals surface area contributed by atoms with Crippen LogP contribution in [0.4, 0.5) is 19.0 Å². The molecule has 0 atom stereocenters. The molecule has 1 heterocycles. The minimum Gasteiger partial charge on any atom is -0.361 e. The van der Waals surface area contributed by atoms with Crippen LogP contribution in [0.15, 0.2) is 10.7 Å². The largest absolute Gasteiger partial charge is 0.405 e. The maximum atomic E-state index is 12.0. The molecule has 1 aromatic heterocycles. The summed E-state index contributed by atoms with van der Waals surface area (Å²) in [7, 11) is 0. The van der Waals surface area contributed by atoms with Gasteiger partial charge in [0.05, 0.1) is 0 Å². The van der Waals surface area contributed by atoms with E-state index in [9.17, 15) is 13.2 Å². The molecule has 0 unspecified atom stereocenters. The second kappa shape index (κ2) is 4.99. The van der Waals surface area contributed by atoms with E-state index in [0.717, 1.165) is 0 Å². The molecular weight excluding hydrogens is 287 g/mol. The van der Waals surface area contributed by atoms with Crippen LogP contribution in [-0.4, -0.2) is 22.7 Å². The van der Waals surface area contributed by atoms with E-state index in [4.69, 9.17) is 0 Å². The third-order valence-corrected chi connectivity index (χ3v) is 2.10. The van der Waals surface area contributed by atoms with Crippen LogP contribution in [0.2, 0.25) is 0 Å². The fourth-order valence-corrected chi connectivity index (χ4v) is 1.37. The van der Waals surface area contributed by atoms with Crippen molar-refractivity contribution in [3.8, 4) is 0 Å². The lowest BCUT2D eigenvalue weighted by molar-refractivity contribution is -0.115. The molecule has 0 bridgehead atoms. The van der Waals surface area contributed by atoms with Gasteiger partial charge in [0.25, 0.3) is 0 Å². The monoisotopic (exact) mass is 297 g/mol. The van der Waals surface area contributed by atoms with Crippen molar-refractivity contribution in [1.82, 2.24) is 9.97 Å². The summed E-state index contributed by atoms with van der Waals surface area (Å²) in [5.41, 5.74) is 0. The van der Waals surface area contributed by atoms with Gasteiger partial charge >= 0.3 is 6.18 Å². The number of aromatic nitrogens is 2. The van der Waals surface area contributed by atoms with Crippen LogP contribution < -0.4 is 5.32 Å². The predicted molar refractivity (Wildman–Crippen MR) is 58.4 cm³/mol. The van der Waals surface area contributed by atoms with Gasteiger partial charge in [-0.25, -0.2) is 9.97 Å². The predicted octanol–water partition coefficient (Wildman–Crippen LogP) is 3.34. The molecule has 0 aliphatic heterocycles. The summed E-state index contributed by atoms with van der Waals surface area (Å²) in [6, 6.07) is 1.41. The highest BCUT2D eigenvalue weighted by Crippen LogP contribution is 2.19. The van der Waals surface area contributed by atoms with Gasteiger partial charge in [-0.2, -0.15) is 13.2 Å². The average molecular weight is 298 g/mol. The maximum absolute atomic E-state index is 12.0. The molecule has 0 saturated carbocycles. The molecule has 0 spiro atoms. The van der Waals surface area contributed by atoms with Crippen LogP contribution in [0, 0.1) is 0 Å². The van der Waals surface area contributed by atoms with Gasteiger partial charge in [-0.15, -0.1) is 0 Å². The second-order valence-electron chi connectivity index (χ2n) is 3.56. The third kappa shape index (κ3) is 4.34. The van der Waals surface area contributed by atoms with Gasteiger partial charge in [0.2, 0.25) is 0 Å². The molecule has 0 aromatic carbocycles. The van der Waals surface area contributed by atoms with Crippen molar-refractivity contribution in [3.05, 3.63) is 16.5 Å². The van der Waals surface area contributed by atoms with E-state index in [2.05, 4.69) is 31.2 Å². The third-order valence-electron chi connectivity index (χ3n) is 1.70. The van der Waals surface area contributed by atoms with Gasteiger partial charge in [-0.1, -0.05) is 13.8 Å². The summed E-state index contributed by atoms with van der Waals surface area (Å²) in [5, 5.41) is 2.21. The maximum Gasteiger partial charge on any atom is 0.405 e. The van der Waals surface area contributed by atoms with E-state index in [0.29, 0.717) is 10.4 Å². The number of anilines is 1.